The summed E-state index contributed by atoms with van der Waals surface area (Å²) < 4.78 is 32.0. The Morgan fingerprint density at radius 3 is 2.43 bits per heavy atom. The van der Waals surface area contributed by atoms with Gasteiger partial charge in [0.1, 0.15) is 5.75 Å². The molecule has 0 atom stereocenters. The van der Waals surface area contributed by atoms with E-state index in [4.69, 9.17) is 10.5 Å². The average Bonchev–Trinajstić information content (AvgIpc) is 2.49. The van der Waals surface area contributed by atoms with Gasteiger partial charge in [0.2, 0.25) is 5.95 Å². The smallest absolute Gasteiger partial charge is 0.264 e. The van der Waals surface area contributed by atoms with Crippen LogP contribution in [0.4, 0.5) is 5.95 Å². The molecule has 112 valence electrons. The van der Waals surface area contributed by atoms with E-state index in [1.165, 1.54) is 24.5 Å². The van der Waals surface area contributed by atoms with Gasteiger partial charge in [-0.1, -0.05) is 0 Å². The number of anilines is 1. The van der Waals surface area contributed by atoms with Crippen molar-refractivity contribution in [2.24, 2.45) is 5.73 Å². The molecule has 1 aromatic carbocycles. The molecular weight excluding hydrogens is 292 g/mol. The van der Waals surface area contributed by atoms with Crippen molar-refractivity contribution in [1.82, 2.24) is 9.97 Å². The summed E-state index contributed by atoms with van der Waals surface area (Å²) in [5, 5.41) is 0. The molecular formula is C13H16N4O3S. The maximum atomic E-state index is 12.1. The first-order valence-corrected chi connectivity index (χ1v) is 7.83. The second-order valence-electron chi connectivity index (χ2n) is 4.14. The molecule has 0 saturated carbocycles. The van der Waals surface area contributed by atoms with Gasteiger partial charge in [-0.3, -0.25) is 0 Å². The van der Waals surface area contributed by atoms with Gasteiger partial charge < -0.3 is 10.5 Å². The highest BCUT2D eigenvalue weighted by Gasteiger charge is 2.15. The number of nitrogens with one attached hydrogen (secondary N) is 1. The van der Waals surface area contributed by atoms with Crippen molar-refractivity contribution in [3.8, 4) is 5.75 Å². The molecule has 0 amide bonds. The number of rotatable bonds is 7. The number of ether oxygens (including phenoxy) is 1. The number of aromatic nitrogens is 2. The lowest BCUT2D eigenvalue weighted by molar-refractivity contribution is 0.313. The van der Waals surface area contributed by atoms with E-state index in [0.29, 0.717) is 18.9 Å². The fourth-order valence-corrected chi connectivity index (χ4v) is 2.48. The molecule has 0 unspecified atom stereocenters. The van der Waals surface area contributed by atoms with Crippen molar-refractivity contribution < 1.29 is 13.2 Å². The van der Waals surface area contributed by atoms with Crippen molar-refractivity contribution >= 4 is 16.0 Å². The third kappa shape index (κ3) is 4.40. The van der Waals surface area contributed by atoms with E-state index in [-0.39, 0.29) is 10.8 Å². The van der Waals surface area contributed by atoms with Crippen LogP contribution >= 0.6 is 0 Å². The largest absolute Gasteiger partial charge is 0.494 e. The molecule has 7 nitrogen and oxygen atoms in total. The first-order valence-electron chi connectivity index (χ1n) is 6.34. The number of hydrogen-bond donors (Lipinski definition) is 2. The normalized spacial score (nSPS) is 11.1. The number of hydrogen-bond acceptors (Lipinski definition) is 6. The Bertz CT molecular complexity index is 660. The highest BCUT2D eigenvalue weighted by atomic mass is 32.2. The maximum absolute atomic E-state index is 12.1. The first-order chi connectivity index (χ1) is 10.1. The van der Waals surface area contributed by atoms with Gasteiger partial charge in [0, 0.05) is 12.4 Å². The SMILES string of the molecule is NCCCOc1ccc(S(=O)(=O)Nc2ncccn2)cc1. The predicted molar refractivity (Wildman–Crippen MR) is 78.4 cm³/mol. The number of benzene rings is 1. The Hall–Kier alpha value is -2.19. The summed E-state index contributed by atoms with van der Waals surface area (Å²) in [7, 11) is -3.71. The van der Waals surface area contributed by atoms with E-state index >= 15 is 0 Å². The summed E-state index contributed by atoms with van der Waals surface area (Å²) in [6.07, 6.45) is 3.66. The second kappa shape index (κ2) is 7.00. The van der Waals surface area contributed by atoms with E-state index in [1.807, 2.05) is 0 Å². The minimum Gasteiger partial charge on any atom is -0.494 e. The number of nitrogens with zero attached hydrogens (tertiary/aromatic N) is 2. The maximum Gasteiger partial charge on any atom is 0.264 e. The monoisotopic (exact) mass is 308 g/mol. The molecule has 0 spiro atoms. The zero-order valence-electron chi connectivity index (χ0n) is 11.3. The Kier molecular flexibility index (Phi) is 5.07. The van der Waals surface area contributed by atoms with Crippen LogP contribution in [0.2, 0.25) is 0 Å². The van der Waals surface area contributed by atoms with Crippen LogP contribution in [0.1, 0.15) is 6.42 Å². The minimum absolute atomic E-state index is 0.0285. The standard InChI is InChI=1S/C13H16N4O3S/c14-7-1-10-20-11-3-5-12(6-4-11)21(18,19)17-13-15-8-2-9-16-13/h2-6,8-9H,1,7,10,14H2,(H,15,16,17). The average molecular weight is 308 g/mol. The van der Waals surface area contributed by atoms with Gasteiger partial charge in [0.15, 0.2) is 0 Å². The molecule has 0 aliphatic heterocycles. The molecule has 0 radical (unpaired) electrons. The predicted octanol–water partition coefficient (Wildman–Crippen LogP) is 1.00. The first kappa shape index (κ1) is 15.2. The van der Waals surface area contributed by atoms with Crippen LogP contribution in [0.25, 0.3) is 0 Å². The number of nitrogens with two attached hydrogens (primary N) is 1. The molecule has 8 heteroatoms. The molecule has 0 fully saturated rings. The Balaban J connectivity index is 2.06. The van der Waals surface area contributed by atoms with Crippen molar-refractivity contribution in [2.45, 2.75) is 11.3 Å². The van der Waals surface area contributed by atoms with Crippen LogP contribution in [0.3, 0.4) is 0 Å². The summed E-state index contributed by atoms with van der Waals surface area (Å²) in [5.41, 5.74) is 5.37. The molecule has 21 heavy (non-hydrogen) atoms. The quantitative estimate of drug-likeness (QED) is 0.739. The fourth-order valence-electron chi connectivity index (χ4n) is 1.52. The molecule has 0 aliphatic rings. The minimum atomic E-state index is -3.71. The zero-order valence-corrected chi connectivity index (χ0v) is 12.1. The second-order valence-corrected chi connectivity index (χ2v) is 5.82. The van der Waals surface area contributed by atoms with Gasteiger partial charge in [0.25, 0.3) is 10.0 Å². The van der Waals surface area contributed by atoms with Crippen molar-refractivity contribution in [3.63, 3.8) is 0 Å². The fraction of sp³-hybridized carbons (Fsp3) is 0.231. The van der Waals surface area contributed by atoms with Crippen LogP contribution < -0.4 is 15.2 Å². The Morgan fingerprint density at radius 1 is 1.14 bits per heavy atom. The highest BCUT2D eigenvalue weighted by Crippen LogP contribution is 2.17. The summed E-state index contributed by atoms with van der Waals surface area (Å²) in [5.74, 6) is 0.624. The van der Waals surface area contributed by atoms with E-state index in [9.17, 15) is 8.42 Å². The van der Waals surface area contributed by atoms with Crippen LogP contribution in [0.5, 0.6) is 5.75 Å². The zero-order chi connectivity index (χ0) is 15.1. The van der Waals surface area contributed by atoms with Gasteiger partial charge in [-0.15, -0.1) is 0 Å². The van der Waals surface area contributed by atoms with Crippen molar-refractivity contribution in [3.05, 3.63) is 42.7 Å². The van der Waals surface area contributed by atoms with Gasteiger partial charge in [-0.05, 0) is 43.3 Å². The molecule has 2 rings (SSSR count). The van der Waals surface area contributed by atoms with Crippen molar-refractivity contribution in [1.29, 1.82) is 0 Å². The molecule has 0 saturated heterocycles. The molecule has 0 aliphatic carbocycles. The summed E-state index contributed by atoms with van der Waals surface area (Å²) >= 11 is 0. The molecule has 3 N–H and O–H groups in total. The van der Waals surface area contributed by atoms with E-state index < -0.39 is 10.0 Å². The molecule has 2 aromatic rings. The summed E-state index contributed by atoms with van der Waals surface area (Å²) in [6, 6.07) is 7.71. The van der Waals surface area contributed by atoms with E-state index in [2.05, 4.69) is 14.7 Å². The van der Waals surface area contributed by atoms with Gasteiger partial charge in [-0.25, -0.2) is 23.1 Å². The summed E-state index contributed by atoms with van der Waals surface area (Å²) in [6.45, 7) is 1.05. The molecule has 1 aromatic heterocycles. The highest BCUT2D eigenvalue weighted by molar-refractivity contribution is 7.92. The topological polar surface area (TPSA) is 107 Å². The third-order valence-corrected chi connectivity index (χ3v) is 3.89. The van der Waals surface area contributed by atoms with Crippen LogP contribution in [0, 0.1) is 0 Å². The number of sulfonamides is 1. The third-order valence-electron chi connectivity index (χ3n) is 2.54. The molecule has 0 bridgehead atoms. The van der Waals surface area contributed by atoms with Gasteiger partial charge in [0.05, 0.1) is 11.5 Å². The Labute approximate surface area is 123 Å². The van der Waals surface area contributed by atoms with Crippen LogP contribution in [-0.4, -0.2) is 31.5 Å². The van der Waals surface area contributed by atoms with Gasteiger partial charge >= 0.3 is 0 Å². The Morgan fingerprint density at radius 2 is 1.81 bits per heavy atom. The van der Waals surface area contributed by atoms with E-state index in [0.717, 1.165) is 6.42 Å². The van der Waals surface area contributed by atoms with Gasteiger partial charge in [-0.2, -0.15) is 0 Å². The lowest BCUT2D eigenvalue weighted by atomic mass is 10.3. The summed E-state index contributed by atoms with van der Waals surface area (Å²) in [4.78, 5) is 7.75. The van der Waals surface area contributed by atoms with E-state index in [1.54, 1.807) is 18.2 Å². The van der Waals surface area contributed by atoms with Crippen molar-refractivity contribution in [2.75, 3.05) is 17.9 Å². The lowest BCUT2D eigenvalue weighted by Crippen LogP contribution is -2.14. The lowest BCUT2D eigenvalue weighted by Gasteiger charge is -2.08. The van der Waals surface area contributed by atoms with Crippen LogP contribution in [-0.2, 0) is 10.0 Å². The van der Waals surface area contributed by atoms with Crippen LogP contribution in [0.15, 0.2) is 47.6 Å². The molecule has 1 heterocycles.